The number of thiophene rings is 1. The van der Waals surface area contributed by atoms with Gasteiger partial charge < -0.3 is 10.4 Å². The topological polar surface area (TPSA) is 69.6 Å². The van der Waals surface area contributed by atoms with Crippen LogP contribution in [-0.4, -0.2) is 40.5 Å². The number of hydrogen-bond acceptors (Lipinski definition) is 4. The zero-order valence-electron chi connectivity index (χ0n) is 14.5. The molecule has 0 spiro atoms. The Labute approximate surface area is 147 Å². The molecule has 4 atom stereocenters. The van der Waals surface area contributed by atoms with Crippen molar-refractivity contribution < 1.29 is 14.7 Å². The fourth-order valence-corrected chi connectivity index (χ4v) is 5.18. The first-order valence-corrected chi connectivity index (χ1v) is 9.46. The zero-order valence-corrected chi connectivity index (χ0v) is 15.3. The summed E-state index contributed by atoms with van der Waals surface area (Å²) < 4.78 is 0. The standard InChI is InChI=1S/C18H26N2O3S/c1-18(2,3)16(14-5-4-8-24-14)19-15(21)10-20-11-6-7-13(20)12(9-11)17(22)23/h4-5,8,11-13,16H,6-7,9-10H2,1-3H3,(H,19,21)(H,22,23). The number of rotatable bonds is 5. The van der Waals surface area contributed by atoms with Crippen molar-refractivity contribution in [3.8, 4) is 0 Å². The predicted molar refractivity (Wildman–Crippen MR) is 93.9 cm³/mol. The Morgan fingerprint density at radius 2 is 2.17 bits per heavy atom. The molecule has 0 saturated carbocycles. The molecule has 2 saturated heterocycles. The lowest BCUT2D eigenvalue weighted by Gasteiger charge is -2.32. The summed E-state index contributed by atoms with van der Waals surface area (Å²) >= 11 is 1.65. The monoisotopic (exact) mass is 350 g/mol. The van der Waals surface area contributed by atoms with E-state index in [0.717, 1.165) is 17.7 Å². The van der Waals surface area contributed by atoms with Gasteiger partial charge in [0.25, 0.3) is 0 Å². The number of nitrogens with one attached hydrogen (secondary N) is 1. The van der Waals surface area contributed by atoms with Gasteiger partial charge in [-0.15, -0.1) is 11.3 Å². The summed E-state index contributed by atoms with van der Waals surface area (Å²) in [6, 6.07) is 4.30. The van der Waals surface area contributed by atoms with Crippen LogP contribution in [0, 0.1) is 11.3 Å². The Balaban J connectivity index is 1.66. The third-order valence-corrected chi connectivity index (χ3v) is 6.26. The highest BCUT2D eigenvalue weighted by molar-refractivity contribution is 7.10. The van der Waals surface area contributed by atoms with E-state index in [4.69, 9.17) is 0 Å². The van der Waals surface area contributed by atoms with Gasteiger partial charge in [-0.2, -0.15) is 0 Å². The van der Waals surface area contributed by atoms with E-state index in [9.17, 15) is 14.7 Å². The first-order chi connectivity index (χ1) is 11.3. The van der Waals surface area contributed by atoms with Gasteiger partial charge in [-0.1, -0.05) is 26.8 Å². The Kier molecular flexibility index (Phi) is 4.71. The first-order valence-electron chi connectivity index (χ1n) is 8.58. The predicted octanol–water partition coefficient (Wildman–Crippen LogP) is 2.89. The lowest BCUT2D eigenvalue weighted by molar-refractivity contribution is -0.143. The summed E-state index contributed by atoms with van der Waals surface area (Å²) in [4.78, 5) is 27.3. The fraction of sp³-hybridized carbons (Fsp3) is 0.667. The van der Waals surface area contributed by atoms with Crippen molar-refractivity contribution in [3.63, 3.8) is 0 Å². The maximum atomic E-state index is 12.7. The second kappa shape index (κ2) is 6.48. The van der Waals surface area contributed by atoms with Gasteiger partial charge >= 0.3 is 5.97 Å². The molecule has 5 nitrogen and oxygen atoms in total. The second-order valence-corrected chi connectivity index (χ2v) is 9.01. The van der Waals surface area contributed by atoms with E-state index in [-0.39, 0.29) is 35.4 Å². The Hall–Kier alpha value is -1.40. The van der Waals surface area contributed by atoms with Gasteiger partial charge in [0.2, 0.25) is 5.91 Å². The highest BCUT2D eigenvalue weighted by atomic mass is 32.1. The normalized spacial score (nSPS) is 28.0. The van der Waals surface area contributed by atoms with Crippen LogP contribution < -0.4 is 5.32 Å². The summed E-state index contributed by atoms with van der Waals surface area (Å²) in [5.74, 6) is -1.04. The minimum Gasteiger partial charge on any atom is -0.481 e. The SMILES string of the molecule is CC(C)(C)C(NC(=O)CN1C2CCC1C(C(=O)O)C2)c1cccs1. The molecule has 6 heteroatoms. The highest BCUT2D eigenvalue weighted by Crippen LogP contribution is 2.41. The van der Waals surface area contributed by atoms with Crippen LogP contribution in [0.5, 0.6) is 0 Å². The molecule has 24 heavy (non-hydrogen) atoms. The molecule has 3 rings (SSSR count). The zero-order chi connectivity index (χ0) is 17.5. The minimum absolute atomic E-state index is 0.00809. The Morgan fingerprint density at radius 3 is 2.71 bits per heavy atom. The molecule has 3 heterocycles. The average Bonchev–Trinajstić information content (AvgIpc) is 3.20. The first kappa shape index (κ1) is 17.4. The lowest BCUT2D eigenvalue weighted by atomic mass is 9.85. The van der Waals surface area contributed by atoms with Crippen LogP contribution in [-0.2, 0) is 9.59 Å². The molecular formula is C18H26N2O3S. The maximum absolute atomic E-state index is 12.7. The molecule has 0 radical (unpaired) electrons. The van der Waals surface area contributed by atoms with E-state index in [0.29, 0.717) is 13.0 Å². The number of amides is 1. The van der Waals surface area contributed by atoms with E-state index < -0.39 is 5.97 Å². The van der Waals surface area contributed by atoms with E-state index in [1.54, 1.807) is 11.3 Å². The molecule has 0 aromatic carbocycles. The van der Waals surface area contributed by atoms with Crippen molar-refractivity contribution >= 4 is 23.2 Å². The van der Waals surface area contributed by atoms with Crippen molar-refractivity contribution in [3.05, 3.63) is 22.4 Å². The molecule has 2 N–H and O–H groups in total. The van der Waals surface area contributed by atoms with E-state index >= 15 is 0 Å². The molecule has 132 valence electrons. The molecular weight excluding hydrogens is 324 g/mol. The van der Waals surface area contributed by atoms with E-state index in [1.807, 2.05) is 11.4 Å². The van der Waals surface area contributed by atoms with Gasteiger partial charge in [-0.25, -0.2) is 0 Å². The van der Waals surface area contributed by atoms with Gasteiger partial charge in [-0.3, -0.25) is 14.5 Å². The van der Waals surface area contributed by atoms with Gasteiger partial charge in [-0.05, 0) is 36.1 Å². The van der Waals surface area contributed by atoms with Gasteiger partial charge in [0.05, 0.1) is 18.5 Å². The third-order valence-electron chi connectivity index (χ3n) is 5.32. The van der Waals surface area contributed by atoms with E-state index in [2.05, 4.69) is 37.1 Å². The van der Waals surface area contributed by atoms with Crippen LogP contribution in [0.1, 0.15) is 51.0 Å². The summed E-state index contributed by atoms with van der Waals surface area (Å²) in [7, 11) is 0. The number of fused-ring (bicyclic) bond motifs is 2. The fourth-order valence-electron chi connectivity index (χ4n) is 4.16. The van der Waals surface area contributed by atoms with Crippen LogP contribution >= 0.6 is 11.3 Å². The molecule has 1 amide bonds. The van der Waals surface area contributed by atoms with Gasteiger partial charge in [0, 0.05) is 17.0 Å². The number of carboxylic acids is 1. The molecule has 4 unspecified atom stereocenters. The van der Waals surface area contributed by atoms with Gasteiger partial charge in [0.15, 0.2) is 0 Å². The molecule has 2 aliphatic heterocycles. The van der Waals surface area contributed by atoms with Crippen LogP contribution in [0.25, 0.3) is 0 Å². The largest absolute Gasteiger partial charge is 0.481 e. The number of hydrogen-bond donors (Lipinski definition) is 2. The summed E-state index contributed by atoms with van der Waals surface area (Å²) in [5.41, 5.74) is -0.0753. The summed E-state index contributed by atoms with van der Waals surface area (Å²) in [6.45, 7) is 6.67. The quantitative estimate of drug-likeness (QED) is 0.857. The van der Waals surface area contributed by atoms with Crippen LogP contribution in [0.2, 0.25) is 0 Å². The molecule has 2 aliphatic rings. The van der Waals surface area contributed by atoms with Crippen LogP contribution in [0.3, 0.4) is 0 Å². The Bertz CT molecular complexity index is 608. The Morgan fingerprint density at radius 1 is 1.42 bits per heavy atom. The molecule has 1 aromatic rings. The second-order valence-electron chi connectivity index (χ2n) is 8.03. The molecule has 1 aromatic heterocycles. The third kappa shape index (κ3) is 3.35. The summed E-state index contributed by atoms with van der Waals surface area (Å²) in [6.07, 6.45) is 2.58. The smallest absolute Gasteiger partial charge is 0.308 e. The lowest BCUT2D eigenvalue weighted by Crippen LogP contribution is -2.44. The van der Waals surface area contributed by atoms with Crippen molar-refractivity contribution in [1.82, 2.24) is 10.2 Å². The van der Waals surface area contributed by atoms with Crippen LogP contribution in [0.15, 0.2) is 17.5 Å². The number of nitrogens with zero attached hydrogens (tertiary/aromatic N) is 1. The highest BCUT2D eigenvalue weighted by Gasteiger charge is 2.49. The van der Waals surface area contributed by atoms with Crippen molar-refractivity contribution in [1.29, 1.82) is 0 Å². The minimum atomic E-state index is -0.723. The molecule has 0 aliphatic carbocycles. The number of carboxylic acid groups (broad SMARTS) is 1. The van der Waals surface area contributed by atoms with Crippen molar-refractivity contribution in [2.24, 2.45) is 11.3 Å². The van der Waals surface area contributed by atoms with Crippen molar-refractivity contribution in [2.75, 3.05) is 6.54 Å². The number of carbonyl (C=O) groups excluding carboxylic acids is 1. The van der Waals surface area contributed by atoms with Gasteiger partial charge in [0.1, 0.15) is 0 Å². The van der Waals surface area contributed by atoms with E-state index in [1.165, 1.54) is 0 Å². The molecule has 2 bridgehead atoms. The number of carbonyl (C=O) groups is 2. The number of aliphatic carboxylic acids is 1. The van der Waals surface area contributed by atoms with Crippen molar-refractivity contribution in [2.45, 2.75) is 58.2 Å². The maximum Gasteiger partial charge on any atom is 0.308 e. The average molecular weight is 350 g/mol. The summed E-state index contributed by atoms with van der Waals surface area (Å²) in [5, 5.41) is 14.5. The molecule has 2 fully saturated rings. The van der Waals surface area contributed by atoms with Crippen LogP contribution in [0.4, 0.5) is 0 Å².